The van der Waals surface area contributed by atoms with Gasteiger partial charge in [-0.1, -0.05) is 12.1 Å². The number of rotatable bonds is 5. The van der Waals surface area contributed by atoms with E-state index in [0.29, 0.717) is 18.8 Å². The molecule has 2 heterocycles. The van der Waals surface area contributed by atoms with Crippen LogP contribution >= 0.6 is 0 Å². The molecule has 0 spiro atoms. The van der Waals surface area contributed by atoms with Crippen molar-refractivity contribution in [2.45, 2.75) is 18.8 Å². The van der Waals surface area contributed by atoms with Crippen molar-refractivity contribution in [3.63, 3.8) is 0 Å². The van der Waals surface area contributed by atoms with Crippen LogP contribution in [0.5, 0.6) is 11.5 Å². The number of oxazole rings is 1. The number of para-hydroxylation sites is 2. The van der Waals surface area contributed by atoms with E-state index < -0.39 is 0 Å². The molecule has 6 heteroatoms. The van der Waals surface area contributed by atoms with E-state index in [1.54, 1.807) is 26.4 Å². The molecule has 150 valence electrons. The molecule has 0 unspecified atom stereocenters. The third kappa shape index (κ3) is 4.11. The maximum absolute atomic E-state index is 12.6. The van der Waals surface area contributed by atoms with E-state index in [2.05, 4.69) is 4.98 Å². The second kappa shape index (κ2) is 8.39. The number of piperidine rings is 1. The first-order valence-corrected chi connectivity index (χ1v) is 9.72. The van der Waals surface area contributed by atoms with E-state index in [4.69, 9.17) is 13.9 Å². The molecule has 0 aliphatic carbocycles. The Morgan fingerprint density at radius 3 is 2.66 bits per heavy atom. The topological polar surface area (TPSA) is 64.8 Å². The van der Waals surface area contributed by atoms with E-state index in [0.717, 1.165) is 41.1 Å². The maximum Gasteiger partial charge on any atom is 0.246 e. The van der Waals surface area contributed by atoms with Crippen molar-refractivity contribution in [3.8, 4) is 11.5 Å². The van der Waals surface area contributed by atoms with Crippen LogP contribution in [0.4, 0.5) is 0 Å². The van der Waals surface area contributed by atoms with Crippen LogP contribution < -0.4 is 9.47 Å². The minimum absolute atomic E-state index is 0.00844. The summed E-state index contributed by atoms with van der Waals surface area (Å²) in [5.74, 6) is 2.43. The van der Waals surface area contributed by atoms with Crippen LogP contribution in [-0.2, 0) is 4.79 Å². The van der Waals surface area contributed by atoms with Gasteiger partial charge in [0.25, 0.3) is 0 Å². The lowest BCUT2D eigenvalue weighted by Gasteiger charge is -2.29. The molecule has 1 amide bonds. The molecule has 2 aromatic carbocycles. The highest BCUT2D eigenvalue weighted by Crippen LogP contribution is 2.30. The van der Waals surface area contributed by atoms with Crippen LogP contribution in [0, 0.1) is 0 Å². The number of likely N-dealkylation sites (tertiary alicyclic amines) is 1. The van der Waals surface area contributed by atoms with Crippen LogP contribution in [0.2, 0.25) is 0 Å². The molecule has 0 atom stereocenters. The Bertz CT molecular complexity index is 999. The number of fused-ring (bicyclic) bond motifs is 1. The molecule has 1 aliphatic heterocycles. The highest BCUT2D eigenvalue weighted by molar-refractivity contribution is 5.92. The smallest absolute Gasteiger partial charge is 0.246 e. The first kappa shape index (κ1) is 19.1. The molecular formula is C23H24N2O4. The molecule has 0 saturated carbocycles. The van der Waals surface area contributed by atoms with Gasteiger partial charge in [0, 0.05) is 30.6 Å². The van der Waals surface area contributed by atoms with Crippen molar-refractivity contribution in [2.75, 3.05) is 27.3 Å². The summed E-state index contributed by atoms with van der Waals surface area (Å²) >= 11 is 0. The van der Waals surface area contributed by atoms with E-state index in [1.807, 2.05) is 47.4 Å². The third-order valence-corrected chi connectivity index (χ3v) is 5.31. The van der Waals surface area contributed by atoms with Gasteiger partial charge in [-0.15, -0.1) is 0 Å². The summed E-state index contributed by atoms with van der Waals surface area (Å²) < 4.78 is 16.5. The minimum Gasteiger partial charge on any atom is -0.497 e. The predicted octanol–water partition coefficient (Wildman–Crippen LogP) is 4.26. The summed E-state index contributed by atoms with van der Waals surface area (Å²) in [5, 5.41) is 0. The van der Waals surface area contributed by atoms with Gasteiger partial charge in [-0.05, 0) is 49.2 Å². The molecular weight excluding hydrogens is 368 g/mol. The fraction of sp³-hybridized carbons (Fsp3) is 0.304. The summed E-state index contributed by atoms with van der Waals surface area (Å²) in [6.07, 6.45) is 5.05. The summed E-state index contributed by atoms with van der Waals surface area (Å²) in [6, 6.07) is 13.3. The number of benzene rings is 2. The van der Waals surface area contributed by atoms with Gasteiger partial charge in [-0.3, -0.25) is 4.79 Å². The Hall–Kier alpha value is -3.28. The van der Waals surface area contributed by atoms with E-state index in [1.165, 1.54) is 0 Å². The summed E-state index contributed by atoms with van der Waals surface area (Å²) in [5.41, 5.74) is 2.51. The number of carbonyl (C=O) groups excluding carboxylic acids is 1. The maximum atomic E-state index is 12.6. The Labute approximate surface area is 169 Å². The third-order valence-electron chi connectivity index (χ3n) is 5.31. The zero-order valence-electron chi connectivity index (χ0n) is 16.6. The Kier molecular flexibility index (Phi) is 5.51. The van der Waals surface area contributed by atoms with Gasteiger partial charge in [0.2, 0.25) is 5.91 Å². The zero-order chi connectivity index (χ0) is 20.2. The van der Waals surface area contributed by atoms with Gasteiger partial charge in [-0.2, -0.15) is 0 Å². The molecule has 0 radical (unpaired) electrons. The second-order valence-corrected chi connectivity index (χ2v) is 7.06. The summed E-state index contributed by atoms with van der Waals surface area (Å²) in [7, 11) is 3.22. The minimum atomic E-state index is -0.00844. The Balaban J connectivity index is 1.39. The van der Waals surface area contributed by atoms with E-state index in [-0.39, 0.29) is 11.8 Å². The molecule has 1 saturated heterocycles. The van der Waals surface area contributed by atoms with Gasteiger partial charge in [-0.25, -0.2) is 4.98 Å². The monoisotopic (exact) mass is 392 g/mol. The van der Waals surface area contributed by atoms with Crippen molar-refractivity contribution >= 4 is 23.1 Å². The summed E-state index contributed by atoms with van der Waals surface area (Å²) in [4.78, 5) is 19.1. The van der Waals surface area contributed by atoms with Crippen LogP contribution in [0.15, 0.2) is 53.0 Å². The number of nitrogens with zero attached hydrogens (tertiary/aromatic N) is 2. The van der Waals surface area contributed by atoms with Crippen molar-refractivity contribution in [3.05, 3.63) is 60.0 Å². The van der Waals surface area contributed by atoms with Gasteiger partial charge in [0.15, 0.2) is 11.5 Å². The highest BCUT2D eigenvalue weighted by Gasteiger charge is 2.26. The van der Waals surface area contributed by atoms with Crippen LogP contribution in [0.25, 0.3) is 17.2 Å². The van der Waals surface area contributed by atoms with Crippen molar-refractivity contribution < 1.29 is 18.7 Å². The highest BCUT2D eigenvalue weighted by atomic mass is 16.5. The van der Waals surface area contributed by atoms with Gasteiger partial charge < -0.3 is 18.8 Å². The number of hydrogen-bond acceptors (Lipinski definition) is 5. The lowest BCUT2D eigenvalue weighted by Crippen LogP contribution is -2.36. The van der Waals surface area contributed by atoms with Crippen LogP contribution in [0.1, 0.15) is 30.2 Å². The first-order chi connectivity index (χ1) is 14.2. The molecule has 1 aliphatic rings. The summed E-state index contributed by atoms with van der Waals surface area (Å²) in [6.45, 7) is 1.36. The van der Waals surface area contributed by atoms with E-state index in [9.17, 15) is 4.79 Å². The molecule has 0 bridgehead atoms. The van der Waals surface area contributed by atoms with Crippen LogP contribution in [0.3, 0.4) is 0 Å². The fourth-order valence-electron chi connectivity index (χ4n) is 3.65. The first-order valence-electron chi connectivity index (χ1n) is 9.72. The zero-order valence-corrected chi connectivity index (χ0v) is 16.6. The second-order valence-electron chi connectivity index (χ2n) is 7.06. The quantitative estimate of drug-likeness (QED) is 0.607. The van der Waals surface area contributed by atoms with Gasteiger partial charge >= 0.3 is 0 Å². The predicted molar refractivity (Wildman–Crippen MR) is 111 cm³/mol. The Morgan fingerprint density at radius 2 is 1.93 bits per heavy atom. The largest absolute Gasteiger partial charge is 0.497 e. The SMILES string of the molecule is COc1ccc(OC)c(/C=C/C(=O)N2CCC(c3nc4ccccc4o3)CC2)c1. The molecule has 4 rings (SSSR count). The number of aromatic nitrogens is 1. The van der Waals surface area contributed by atoms with Crippen molar-refractivity contribution in [1.29, 1.82) is 0 Å². The number of methoxy groups -OCH3 is 2. The number of amides is 1. The molecule has 1 fully saturated rings. The molecule has 3 aromatic rings. The lowest BCUT2D eigenvalue weighted by molar-refractivity contribution is -0.127. The fourth-order valence-corrected chi connectivity index (χ4v) is 3.65. The molecule has 0 N–H and O–H groups in total. The average molecular weight is 392 g/mol. The van der Waals surface area contributed by atoms with Crippen LogP contribution in [-0.4, -0.2) is 43.1 Å². The number of hydrogen-bond donors (Lipinski definition) is 0. The van der Waals surface area contributed by atoms with Crippen molar-refractivity contribution in [2.24, 2.45) is 0 Å². The lowest BCUT2D eigenvalue weighted by atomic mass is 9.96. The molecule has 29 heavy (non-hydrogen) atoms. The average Bonchev–Trinajstić information content (AvgIpc) is 3.21. The standard InChI is InChI=1S/C23H24N2O4/c1-27-18-8-9-20(28-2)17(15-18)7-10-22(26)25-13-11-16(12-14-25)23-24-19-5-3-4-6-21(19)29-23/h3-10,15-16H,11-14H2,1-2H3/b10-7+. The van der Waals surface area contributed by atoms with Gasteiger partial charge in [0.1, 0.15) is 17.0 Å². The van der Waals surface area contributed by atoms with Gasteiger partial charge in [0.05, 0.1) is 14.2 Å². The normalized spacial score (nSPS) is 15.2. The molecule has 6 nitrogen and oxygen atoms in total. The number of carbonyl (C=O) groups is 1. The van der Waals surface area contributed by atoms with E-state index >= 15 is 0 Å². The Morgan fingerprint density at radius 1 is 1.14 bits per heavy atom. The number of ether oxygens (including phenoxy) is 2. The van der Waals surface area contributed by atoms with Crippen molar-refractivity contribution in [1.82, 2.24) is 9.88 Å². The molecule has 1 aromatic heterocycles.